The molecular weight excluding hydrogens is 410 g/mol. The standard InChI is InChI=1S/C19H25N5O5S/c1-3-12(2)23-19(25)29-15-8-17(28-11-15)13-9-21-18(22-10-13)24-14-4-6-16(7-5-14)30(20,26)27/h4-7,9-10,12,15,17H,3,8,11H2,1-2H3,(H,23,25)(H2,20,26,27)(H,21,22,24)/t12-,15-,17-/m0/s1. The van der Waals surface area contributed by atoms with Gasteiger partial charge in [0.2, 0.25) is 16.0 Å². The average molecular weight is 436 g/mol. The predicted molar refractivity (Wildman–Crippen MR) is 110 cm³/mol. The van der Waals surface area contributed by atoms with Crippen molar-refractivity contribution in [2.45, 2.75) is 49.8 Å². The summed E-state index contributed by atoms with van der Waals surface area (Å²) in [6.07, 6.45) is 3.61. The smallest absolute Gasteiger partial charge is 0.407 e. The Bertz CT molecular complexity index is 966. The molecule has 2 aromatic rings. The minimum atomic E-state index is -3.74. The molecule has 30 heavy (non-hydrogen) atoms. The van der Waals surface area contributed by atoms with Crippen molar-refractivity contribution in [2.24, 2.45) is 5.14 Å². The lowest BCUT2D eigenvalue weighted by Crippen LogP contribution is -2.35. The first-order chi connectivity index (χ1) is 14.2. The summed E-state index contributed by atoms with van der Waals surface area (Å²) in [6.45, 7) is 4.21. The molecule has 4 N–H and O–H groups in total. The number of hydrogen-bond acceptors (Lipinski definition) is 8. The van der Waals surface area contributed by atoms with E-state index in [1.807, 2.05) is 13.8 Å². The maximum absolute atomic E-state index is 11.8. The van der Waals surface area contributed by atoms with Gasteiger partial charge in [-0.15, -0.1) is 0 Å². The molecule has 1 saturated heterocycles. The molecule has 3 atom stereocenters. The number of sulfonamides is 1. The highest BCUT2D eigenvalue weighted by Gasteiger charge is 2.30. The van der Waals surface area contributed by atoms with Gasteiger partial charge in [-0.2, -0.15) is 0 Å². The van der Waals surface area contributed by atoms with Crippen molar-refractivity contribution in [2.75, 3.05) is 11.9 Å². The first-order valence-corrected chi connectivity index (χ1v) is 11.1. The second kappa shape index (κ2) is 9.37. The van der Waals surface area contributed by atoms with Gasteiger partial charge in [0.15, 0.2) is 0 Å². The lowest BCUT2D eigenvalue weighted by molar-refractivity contribution is 0.0686. The van der Waals surface area contributed by atoms with Crippen LogP contribution in [0.25, 0.3) is 0 Å². The highest BCUT2D eigenvalue weighted by Crippen LogP contribution is 2.30. The van der Waals surface area contributed by atoms with Gasteiger partial charge in [0.1, 0.15) is 6.10 Å². The molecule has 0 bridgehead atoms. The molecule has 0 unspecified atom stereocenters. The van der Waals surface area contributed by atoms with E-state index in [4.69, 9.17) is 14.6 Å². The lowest BCUT2D eigenvalue weighted by Gasteiger charge is -2.15. The first-order valence-electron chi connectivity index (χ1n) is 9.55. The van der Waals surface area contributed by atoms with Gasteiger partial charge in [-0.05, 0) is 37.6 Å². The van der Waals surface area contributed by atoms with Gasteiger partial charge < -0.3 is 20.1 Å². The number of carbonyl (C=O) groups excluding carboxylic acids is 1. The van der Waals surface area contributed by atoms with Crippen molar-refractivity contribution in [3.63, 3.8) is 0 Å². The second-order valence-corrected chi connectivity index (χ2v) is 8.63. The average Bonchev–Trinajstić information content (AvgIpc) is 3.16. The Labute approximate surface area is 175 Å². The molecule has 0 saturated carbocycles. The van der Waals surface area contributed by atoms with Crippen LogP contribution in [0.3, 0.4) is 0 Å². The zero-order chi connectivity index (χ0) is 21.7. The minimum absolute atomic E-state index is 0.0253. The van der Waals surface area contributed by atoms with Gasteiger partial charge in [-0.25, -0.2) is 28.3 Å². The Morgan fingerprint density at radius 2 is 1.97 bits per heavy atom. The van der Waals surface area contributed by atoms with E-state index in [0.29, 0.717) is 24.7 Å². The number of nitrogens with one attached hydrogen (secondary N) is 2. The molecule has 1 amide bonds. The second-order valence-electron chi connectivity index (χ2n) is 7.07. The zero-order valence-electron chi connectivity index (χ0n) is 16.7. The molecule has 0 aliphatic carbocycles. The van der Waals surface area contributed by atoms with Crippen LogP contribution in [0.1, 0.15) is 38.4 Å². The molecule has 1 aliphatic heterocycles. The fourth-order valence-corrected chi connectivity index (χ4v) is 3.34. The lowest BCUT2D eigenvalue weighted by atomic mass is 10.1. The number of primary sulfonamides is 1. The van der Waals surface area contributed by atoms with E-state index in [0.717, 1.165) is 12.0 Å². The van der Waals surface area contributed by atoms with Gasteiger partial charge in [-0.3, -0.25) is 0 Å². The predicted octanol–water partition coefficient (Wildman–Crippen LogP) is 2.22. The fraction of sp³-hybridized carbons (Fsp3) is 0.421. The largest absolute Gasteiger partial charge is 0.444 e. The van der Waals surface area contributed by atoms with Crippen molar-refractivity contribution in [3.8, 4) is 0 Å². The zero-order valence-corrected chi connectivity index (χ0v) is 17.6. The van der Waals surface area contributed by atoms with Crippen LogP contribution in [0.5, 0.6) is 0 Å². The van der Waals surface area contributed by atoms with E-state index in [1.165, 1.54) is 12.1 Å². The van der Waals surface area contributed by atoms with Crippen molar-refractivity contribution in [1.82, 2.24) is 15.3 Å². The molecule has 1 aromatic heterocycles. The van der Waals surface area contributed by atoms with E-state index in [1.54, 1.807) is 24.5 Å². The van der Waals surface area contributed by atoms with E-state index in [9.17, 15) is 13.2 Å². The number of benzene rings is 1. The van der Waals surface area contributed by atoms with E-state index >= 15 is 0 Å². The summed E-state index contributed by atoms with van der Waals surface area (Å²) >= 11 is 0. The summed E-state index contributed by atoms with van der Waals surface area (Å²) < 4.78 is 33.7. The van der Waals surface area contributed by atoms with Gasteiger partial charge in [-0.1, -0.05) is 6.92 Å². The third-order valence-corrected chi connectivity index (χ3v) is 5.62. The maximum atomic E-state index is 11.8. The summed E-state index contributed by atoms with van der Waals surface area (Å²) in [5.74, 6) is 0.348. The SMILES string of the molecule is CC[C@H](C)NC(=O)O[C@@H]1CO[C@H](c2cnc(Nc3ccc(S(N)(=O)=O)cc3)nc2)C1. The number of carbonyl (C=O) groups is 1. The van der Waals surface area contributed by atoms with Gasteiger partial charge >= 0.3 is 6.09 Å². The number of alkyl carbamates (subject to hydrolysis) is 1. The van der Waals surface area contributed by atoms with Crippen molar-refractivity contribution >= 4 is 27.8 Å². The molecule has 162 valence electrons. The summed E-state index contributed by atoms with van der Waals surface area (Å²) in [5.41, 5.74) is 1.40. The number of amides is 1. The van der Waals surface area contributed by atoms with Gasteiger partial charge in [0.05, 0.1) is 17.6 Å². The molecule has 1 fully saturated rings. The van der Waals surface area contributed by atoms with E-state index in [-0.39, 0.29) is 23.1 Å². The van der Waals surface area contributed by atoms with Gasteiger partial charge in [0.25, 0.3) is 0 Å². The Kier molecular flexibility index (Phi) is 6.85. The maximum Gasteiger partial charge on any atom is 0.407 e. The van der Waals surface area contributed by atoms with Crippen LogP contribution in [0.15, 0.2) is 41.6 Å². The molecule has 10 nitrogen and oxygen atoms in total. The highest BCUT2D eigenvalue weighted by atomic mass is 32.2. The third kappa shape index (κ3) is 5.88. The molecule has 1 aliphatic rings. The number of nitrogens with two attached hydrogens (primary N) is 1. The number of hydrogen-bond donors (Lipinski definition) is 3. The minimum Gasteiger partial charge on any atom is -0.444 e. The van der Waals surface area contributed by atoms with Crippen molar-refractivity contribution in [1.29, 1.82) is 0 Å². The van der Waals surface area contributed by atoms with Crippen LogP contribution in [-0.4, -0.2) is 43.2 Å². The van der Waals surface area contributed by atoms with Crippen LogP contribution < -0.4 is 15.8 Å². The highest BCUT2D eigenvalue weighted by molar-refractivity contribution is 7.89. The fourth-order valence-electron chi connectivity index (χ4n) is 2.83. The summed E-state index contributed by atoms with van der Waals surface area (Å²) in [7, 11) is -3.74. The quantitative estimate of drug-likeness (QED) is 0.600. The molecule has 2 heterocycles. The van der Waals surface area contributed by atoms with Crippen LogP contribution in [0.4, 0.5) is 16.4 Å². The van der Waals surface area contributed by atoms with E-state index < -0.39 is 16.1 Å². The molecular formula is C19H25N5O5S. The van der Waals surface area contributed by atoms with Crippen molar-refractivity contribution in [3.05, 3.63) is 42.2 Å². The summed E-state index contributed by atoms with van der Waals surface area (Å²) in [6, 6.07) is 6.00. The number of nitrogens with zero attached hydrogens (tertiary/aromatic N) is 2. The monoisotopic (exact) mass is 435 g/mol. The molecule has 0 spiro atoms. The van der Waals surface area contributed by atoms with Crippen molar-refractivity contribution < 1.29 is 22.7 Å². The first kappa shape index (κ1) is 21.9. The Morgan fingerprint density at radius 3 is 2.57 bits per heavy atom. The molecule has 11 heteroatoms. The Balaban J connectivity index is 1.54. The topological polar surface area (TPSA) is 146 Å². The Morgan fingerprint density at radius 1 is 1.30 bits per heavy atom. The van der Waals surface area contributed by atoms with Gasteiger partial charge in [0, 0.05) is 36.1 Å². The number of rotatable bonds is 7. The number of ether oxygens (including phenoxy) is 2. The number of aromatic nitrogens is 2. The number of anilines is 2. The third-order valence-electron chi connectivity index (χ3n) is 4.69. The molecule has 1 aromatic carbocycles. The van der Waals surface area contributed by atoms with Crippen LogP contribution in [0.2, 0.25) is 0 Å². The molecule has 3 rings (SSSR count). The normalized spacial score (nSPS) is 19.8. The summed E-state index contributed by atoms with van der Waals surface area (Å²) in [4.78, 5) is 20.4. The summed E-state index contributed by atoms with van der Waals surface area (Å²) in [5, 5.41) is 10.8. The van der Waals surface area contributed by atoms with Crippen LogP contribution in [0, 0.1) is 0 Å². The van der Waals surface area contributed by atoms with E-state index in [2.05, 4.69) is 20.6 Å². The Hall–Kier alpha value is -2.76. The van der Waals surface area contributed by atoms with Crippen LogP contribution >= 0.6 is 0 Å². The van der Waals surface area contributed by atoms with Crippen LogP contribution in [-0.2, 0) is 19.5 Å². The molecule has 0 radical (unpaired) electrons.